The summed E-state index contributed by atoms with van der Waals surface area (Å²) in [7, 11) is 1.65. The summed E-state index contributed by atoms with van der Waals surface area (Å²) in [5, 5.41) is 0. The summed E-state index contributed by atoms with van der Waals surface area (Å²) < 4.78 is 15.9. The quantitative estimate of drug-likeness (QED) is 0.821. The molecule has 0 saturated carbocycles. The highest BCUT2D eigenvalue weighted by Gasteiger charge is 2.22. The summed E-state index contributed by atoms with van der Waals surface area (Å²) in [4.78, 5) is 0. The number of rotatable bonds is 3. The van der Waals surface area contributed by atoms with Gasteiger partial charge in [0, 0.05) is 24.3 Å². The van der Waals surface area contributed by atoms with Gasteiger partial charge < -0.3 is 19.9 Å². The lowest BCUT2D eigenvalue weighted by Gasteiger charge is -2.11. The highest BCUT2D eigenvalue weighted by molar-refractivity contribution is 5.54. The second-order valence-corrected chi connectivity index (χ2v) is 3.60. The van der Waals surface area contributed by atoms with Crippen LogP contribution in [0.2, 0.25) is 0 Å². The minimum absolute atomic E-state index is 0.0583. The summed E-state index contributed by atoms with van der Waals surface area (Å²) >= 11 is 0. The first kappa shape index (κ1) is 10.3. The van der Waals surface area contributed by atoms with E-state index in [0.29, 0.717) is 6.61 Å². The molecule has 82 valence electrons. The van der Waals surface area contributed by atoms with E-state index < -0.39 is 0 Å². The Kier molecular flexibility index (Phi) is 2.79. The van der Waals surface area contributed by atoms with Crippen molar-refractivity contribution in [2.24, 2.45) is 5.73 Å². The lowest BCUT2D eigenvalue weighted by atomic mass is 10.0. The van der Waals surface area contributed by atoms with E-state index in [0.717, 1.165) is 22.6 Å². The molecule has 1 aromatic rings. The van der Waals surface area contributed by atoms with Crippen molar-refractivity contribution in [3.8, 4) is 11.5 Å². The van der Waals surface area contributed by atoms with E-state index in [9.17, 15) is 0 Å². The molecule has 1 atom stereocenters. The Bertz CT molecular complexity index is 363. The average molecular weight is 209 g/mol. The summed E-state index contributed by atoms with van der Waals surface area (Å²) in [6.45, 7) is 2.70. The highest BCUT2D eigenvalue weighted by atomic mass is 16.7. The highest BCUT2D eigenvalue weighted by Crippen LogP contribution is 2.41. The largest absolute Gasteiger partial charge is 0.453 e. The van der Waals surface area contributed by atoms with Gasteiger partial charge in [-0.15, -0.1) is 0 Å². The summed E-state index contributed by atoms with van der Waals surface area (Å²) in [5.41, 5.74) is 7.81. The minimum Gasteiger partial charge on any atom is -0.453 e. The Balaban J connectivity index is 2.44. The van der Waals surface area contributed by atoms with Crippen molar-refractivity contribution in [1.29, 1.82) is 0 Å². The van der Waals surface area contributed by atoms with E-state index in [1.807, 2.05) is 19.1 Å². The zero-order valence-electron chi connectivity index (χ0n) is 8.95. The molecule has 0 saturated heterocycles. The number of methoxy groups -OCH3 is 1. The van der Waals surface area contributed by atoms with Gasteiger partial charge in [-0.1, -0.05) is 12.1 Å². The van der Waals surface area contributed by atoms with Crippen LogP contribution < -0.4 is 15.2 Å². The van der Waals surface area contributed by atoms with E-state index in [4.69, 9.17) is 19.9 Å². The van der Waals surface area contributed by atoms with Gasteiger partial charge >= 0.3 is 0 Å². The average Bonchev–Trinajstić information content (AvgIpc) is 2.66. The topological polar surface area (TPSA) is 53.7 Å². The smallest absolute Gasteiger partial charge is 0.231 e. The van der Waals surface area contributed by atoms with Gasteiger partial charge in [0.25, 0.3) is 0 Å². The summed E-state index contributed by atoms with van der Waals surface area (Å²) in [5.74, 6) is 1.53. The zero-order valence-corrected chi connectivity index (χ0v) is 8.95. The molecule has 1 aliphatic heterocycles. The fourth-order valence-corrected chi connectivity index (χ4v) is 1.70. The van der Waals surface area contributed by atoms with Crippen molar-refractivity contribution < 1.29 is 14.2 Å². The third-order valence-corrected chi connectivity index (χ3v) is 2.42. The first-order valence-electron chi connectivity index (χ1n) is 4.90. The summed E-state index contributed by atoms with van der Waals surface area (Å²) in [6.07, 6.45) is 0. The van der Waals surface area contributed by atoms with Gasteiger partial charge in [-0.25, -0.2) is 0 Å². The van der Waals surface area contributed by atoms with Crippen LogP contribution in [0.5, 0.6) is 11.5 Å². The third kappa shape index (κ3) is 1.78. The van der Waals surface area contributed by atoms with Crippen LogP contribution in [0.1, 0.15) is 24.1 Å². The van der Waals surface area contributed by atoms with Crippen LogP contribution in [-0.2, 0) is 11.3 Å². The molecule has 15 heavy (non-hydrogen) atoms. The molecule has 0 aromatic heterocycles. The number of nitrogens with two attached hydrogens (primary N) is 1. The van der Waals surface area contributed by atoms with E-state index in [-0.39, 0.29) is 12.8 Å². The fraction of sp³-hybridized carbons (Fsp3) is 0.455. The molecule has 2 N–H and O–H groups in total. The number of benzene rings is 1. The molecule has 1 heterocycles. The van der Waals surface area contributed by atoms with E-state index >= 15 is 0 Å². The molecule has 4 nitrogen and oxygen atoms in total. The van der Waals surface area contributed by atoms with Crippen LogP contribution in [0, 0.1) is 0 Å². The lowest BCUT2D eigenvalue weighted by molar-refractivity contribution is 0.162. The molecule has 1 aromatic carbocycles. The molecule has 0 aliphatic carbocycles. The molecule has 1 unspecified atom stereocenters. The van der Waals surface area contributed by atoms with Crippen molar-refractivity contribution in [3.63, 3.8) is 0 Å². The second kappa shape index (κ2) is 4.08. The van der Waals surface area contributed by atoms with Gasteiger partial charge in [-0.3, -0.25) is 0 Å². The number of fused-ring (bicyclic) bond motifs is 1. The van der Waals surface area contributed by atoms with Crippen molar-refractivity contribution in [2.45, 2.75) is 19.6 Å². The first-order chi connectivity index (χ1) is 7.24. The predicted octanol–water partition coefficient (Wildman–Crippen LogP) is 1.58. The standard InChI is InChI=1S/C11H15NO3/c1-7(12)9-4-3-8(5-13-2)10-11(9)15-6-14-10/h3-4,7H,5-6,12H2,1-2H3. The normalized spacial score (nSPS) is 15.4. The van der Waals surface area contributed by atoms with Crippen molar-refractivity contribution in [3.05, 3.63) is 23.3 Å². The van der Waals surface area contributed by atoms with E-state index in [1.54, 1.807) is 7.11 Å². The van der Waals surface area contributed by atoms with Crippen molar-refractivity contribution >= 4 is 0 Å². The fourth-order valence-electron chi connectivity index (χ4n) is 1.70. The van der Waals surface area contributed by atoms with Gasteiger partial charge in [-0.05, 0) is 6.92 Å². The SMILES string of the molecule is COCc1ccc(C(C)N)c2c1OCO2. The maximum absolute atomic E-state index is 5.84. The minimum atomic E-state index is -0.0583. The first-order valence-corrected chi connectivity index (χ1v) is 4.90. The molecule has 1 aliphatic rings. The van der Waals surface area contributed by atoms with Gasteiger partial charge in [0.2, 0.25) is 6.79 Å². The predicted molar refractivity (Wildman–Crippen MR) is 55.9 cm³/mol. The van der Waals surface area contributed by atoms with Crippen LogP contribution in [0.4, 0.5) is 0 Å². The van der Waals surface area contributed by atoms with Crippen LogP contribution in [-0.4, -0.2) is 13.9 Å². The van der Waals surface area contributed by atoms with Crippen LogP contribution >= 0.6 is 0 Å². The van der Waals surface area contributed by atoms with Crippen molar-refractivity contribution in [2.75, 3.05) is 13.9 Å². The van der Waals surface area contributed by atoms with Crippen LogP contribution in [0.25, 0.3) is 0 Å². The number of ether oxygens (including phenoxy) is 3. The molecule has 2 rings (SSSR count). The maximum Gasteiger partial charge on any atom is 0.231 e. The molecular weight excluding hydrogens is 194 g/mol. The molecule has 0 fully saturated rings. The summed E-state index contributed by atoms with van der Waals surface area (Å²) in [6, 6.07) is 3.87. The molecule has 0 amide bonds. The van der Waals surface area contributed by atoms with Gasteiger partial charge in [0.15, 0.2) is 11.5 Å². The second-order valence-electron chi connectivity index (χ2n) is 3.60. The zero-order chi connectivity index (χ0) is 10.8. The van der Waals surface area contributed by atoms with Gasteiger partial charge in [-0.2, -0.15) is 0 Å². The Morgan fingerprint density at radius 2 is 2.13 bits per heavy atom. The Morgan fingerprint density at radius 3 is 2.80 bits per heavy atom. The molecule has 4 heteroatoms. The van der Waals surface area contributed by atoms with E-state index in [1.165, 1.54) is 0 Å². The van der Waals surface area contributed by atoms with Gasteiger partial charge in [0.1, 0.15) is 0 Å². The Hall–Kier alpha value is -1.26. The lowest BCUT2D eigenvalue weighted by Crippen LogP contribution is -2.06. The van der Waals surface area contributed by atoms with Crippen molar-refractivity contribution in [1.82, 2.24) is 0 Å². The Labute approximate surface area is 88.9 Å². The Morgan fingerprint density at radius 1 is 1.40 bits per heavy atom. The number of hydrogen-bond acceptors (Lipinski definition) is 4. The van der Waals surface area contributed by atoms with Crippen LogP contribution in [0.15, 0.2) is 12.1 Å². The maximum atomic E-state index is 5.84. The van der Waals surface area contributed by atoms with Crippen LogP contribution in [0.3, 0.4) is 0 Å². The molecule has 0 radical (unpaired) electrons. The molecular formula is C11H15NO3. The monoisotopic (exact) mass is 209 g/mol. The molecule has 0 bridgehead atoms. The van der Waals surface area contributed by atoms with Gasteiger partial charge in [0.05, 0.1) is 6.61 Å². The number of hydrogen-bond donors (Lipinski definition) is 1. The molecule has 0 spiro atoms. The third-order valence-electron chi connectivity index (χ3n) is 2.42. The van der Waals surface area contributed by atoms with E-state index in [2.05, 4.69) is 0 Å².